The van der Waals surface area contributed by atoms with Gasteiger partial charge in [-0.2, -0.15) is 9.78 Å². The summed E-state index contributed by atoms with van der Waals surface area (Å²) in [5.74, 6) is 0.386. The minimum absolute atomic E-state index is 0.0850. The molecule has 1 aliphatic heterocycles. The van der Waals surface area contributed by atoms with Crippen LogP contribution in [0.1, 0.15) is 10.4 Å². The lowest BCUT2D eigenvalue weighted by molar-refractivity contribution is 0.0746. The molecular formula is C16H15N9OS. The topological polar surface area (TPSA) is 109 Å². The van der Waals surface area contributed by atoms with Crippen molar-refractivity contribution in [2.75, 3.05) is 31.1 Å². The van der Waals surface area contributed by atoms with Crippen LogP contribution in [0.3, 0.4) is 0 Å². The van der Waals surface area contributed by atoms with Crippen LogP contribution in [0.15, 0.2) is 36.8 Å². The van der Waals surface area contributed by atoms with Crippen molar-refractivity contribution in [2.45, 2.75) is 0 Å². The molecule has 1 saturated heterocycles. The molecule has 11 heteroatoms. The maximum atomic E-state index is 12.9. The van der Waals surface area contributed by atoms with Crippen LogP contribution in [-0.4, -0.2) is 72.4 Å². The van der Waals surface area contributed by atoms with Crippen LogP contribution in [0.25, 0.3) is 16.0 Å². The summed E-state index contributed by atoms with van der Waals surface area (Å²) in [7, 11) is 0. The summed E-state index contributed by atoms with van der Waals surface area (Å²) in [6, 6.07) is 8.12. The highest BCUT2D eigenvalue weighted by atomic mass is 32.1. The lowest BCUT2D eigenvalue weighted by atomic mass is 10.2. The SMILES string of the molecule is O=C(c1cn[nH]c1-n1cnnn1)N1CCN(c2nc3ccccc3s2)CC1. The number of aromatic nitrogens is 7. The van der Waals surface area contributed by atoms with E-state index in [1.54, 1.807) is 11.3 Å². The molecule has 0 atom stereocenters. The molecule has 4 aromatic rings. The second kappa shape index (κ2) is 6.43. The van der Waals surface area contributed by atoms with E-state index in [0.29, 0.717) is 24.5 Å². The van der Waals surface area contributed by atoms with Crippen LogP contribution in [0, 0.1) is 0 Å². The number of nitrogens with zero attached hydrogens (tertiary/aromatic N) is 8. The summed E-state index contributed by atoms with van der Waals surface area (Å²) in [4.78, 5) is 21.7. The molecule has 0 spiro atoms. The fourth-order valence-electron chi connectivity index (χ4n) is 3.14. The van der Waals surface area contributed by atoms with Gasteiger partial charge in [0, 0.05) is 26.2 Å². The lowest BCUT2D eigenvalue weighted by Gasteiger charge is -2.34. The van der Waals surface area contributed by atoms with Crippen LogP contribution in [0.4, 0.5) is 5.13 Å². The lowest BCUT2D eigenvalue weighted by Crippen LogP contribution is -2.48. The molecule has 27 heavy (non-hydrogen) atoms. The number of piperazine rings is 1. The van der Waals surface area contributed by atoms with Gasteiger partial charge >= 0.3 is 0 Å². The number of amides is 1. The fourth-order valence-corrected chi connectivity index (χ4v) is 4.16. The Morgan fingerprint density at radius 1 is 1.15 bits per heavy atom. The number of fused-ring (bicyclic) bond motifs is 1. The summed E-state index contributed by atoms with van der Waals surface area (Å²) in [6.07, 6.45) is 2.94. The Bertz CT molecular complexity index is 1050. The van der Waals surface area contributed by atoms with Crippen LogP contribution in [0.2, 0.25) is 0 Å². The van der Waals surface area contributed by atoms with Crippen molar-refractivity contribution in [1.82, 2.24) is 40.3 Å². The van der Waals surface area contributed by atoms with Crippen LogP contribution < -0.4 is 4.90 Å². The number of H-pyrrole nitrogens is 1. The number of hydrogen-bond acceptors (Lipinski definition) is 8. The number of tetrazole rings is 1. The van der Waals surface area contributed by atoms with Gasteiger partial charge in [-0.15, -0.1) is 5.10 Å². The van der Waals surface area contributed by atoms with Gasteiger partial charge in [0.1, 0.15) is 11.9 Å². The van der Waals surface area contributed by atoms with E-state index in [1.807, 2.05) is 23.1 Å². The molecule has 10 nitrogen and oxygen atoms in total. The molecule has 1 N–H and O–H groups in total. The average Bonchev–Trinajstić information content (AvgIpc) is 3.47. The highest BCUT2D eigenvalue weighted by Crippen LogP contribution is 2.29. The van der Waals surface area contributed by atoms with Crippen molar-refractivity contribution >= 4 is 32.6 Å². The first-order valence-electron chi connectivity index (χ1n) is 8.46. The third kappa shape index (κ3) is 2.81. The predicted molar refractivity (Wildman–Crippen MR) is 99.0 cm³/mol. The van der Waals surface area contributed by atoms with Crippen LogP contribution in [0.5, 0.6) is 0 Å². The molecule has 0 radical (unpaired) electrons. The van der Waals surface area contributed by atoms with E-state index < -0.39 is 0 Å². The van der Waals surface area contributed by atoms with E-state index in [1.165, 1.54) is 21.9 Å². The largest absolute Gasteiger partial charge is 0.345 e. The Balaban J connectivity index is 1.31. The highest BCUT2D eigenvalue weighted by Gasteiger charge is 2.27. The fraction of sp³-hybridized carbons (Fsp3) is 0.250. The first-order chi connectivity index (χ1) is 13.3. The van der Waals surface area contributed by atoms with E-state index >= 15 is 0 Å². The van der Waals surface area contributed by atoms with Gasteiger partial charge in [-0.3, -0.25) is 9.89 Å². The van der Waals surface area contributed by atoms with E-state index in [-0.39, 0.29) is 5.91 Å². The van der Waals surface area contributed by atoms with E-state index in [9.17, 15) is 4.79 Å². The quantitative estimate of drug-likeness (QED) is 0.563. The van der Waals surface area contributed by atoms with Crippen molar-refractivity contribution in [3.8, 4) is 5.82 Å². The first-order valence-corrected chi connectivity index (χ1v) is 9.28. The number of anilines is 1. The maximum absolute atomic E-state index is 12.9. The van der Waals surface area contributed by atoms with Crippen LogP contribution >= 0.6 is 11.3 Å². The Morgan fingerprint density at radius 3 is 2.78 bits per heavy atom. The minimum atomic E-state index is -0.0850. The molecular weight excluding hydrogens is 366 g/mol. The average molecular weight is 381 g/mol. The third-order valence-corrected chi connectivity index (χ3v) is 5.64. The van der Waals surface area contributed by atoms with Crippen molar-refractivity contribution in [1.29, 1.82) is 0 Å². The number of hydrogen-bond donors (Lipinski definition) is 1. The van der Waals surface area contributed by atoms with Crippen molar-refractivity contribution in [3.05, 3.63) is 42.4 Å². The summed E-state index contributed by atoms with van der Waals surface area (Å²) in [5, 5.41) is 18.8. The van der Waals surface area contributed by atoms with Gasteiger partial charge < -0.3 is 9.80 Å². The second-order valence-corrected chi connectivity index (χ2v) is 7.14. The molecule has 5 rings (SSSR count). The number of benzene rings is 1. The van der Waals surface area contributed by atoms with E-state index in [2.05, 4.69) is 36.7 Å². The normalized spacial score (nSPS) is 14.8. The molecule has 0 aliphatic carbocycles. The highest BCUT2D eigenvalue weighted by molar-refractivity contribution is 7.22. The molecule has 0 bridgehead atoms. The van der Waals surface area contributed by atoms with Crippen molar-refractivity contribution < 1.29 is 4.79 Å². The summed E-state index contributed by atoms with van der Waals surface area (Å²) in [6.45, 7) is 2.72. The van der Waals surface area contributed by atoms with Gasteiger partial charge in [0.05, 0.1) is 16.4 Å². The molecule has 1 aliphatic rings. The van der Waals surface area contributed by atoms with Gasteiger partial charge in [0.2, 0.25) is 0 Å². The summed E-state index contributed by atoms with van der Waals surface area (Å²) in [5.41, 5.74) is 1.47. The number of aromatic amines is 1. The molecule has 136 valence electrons. The molecule has 3 aromatic heterocycles. The van der Waals surface area contributed by atoms with Crippen molar-refractivity contribution in [2.24, 2.45) is 0 Å². The number of rotatable bonds is 3. The van der Waals surface area contributed by atoms with Gasteiger partial charge in [-0.1, -0.05) is 23.5 Å². The standard InChI is InChI=1S/C16H15N9OS/c26-15(11-9-17-20-14(11)25-10-18-21-22-25)23-5-7-24(8-6-23)16-19-12-3-1-2-4-13(12)27-16/h1-4,9-10H,5-8H2,(H,17,20). The molecule has 1 fully saturated rings. The number of thiazole rings is 1. The Morgan fingerprint density at radius 2 is 2.00 bits per heavy atom. The molecule has 0 saturated carbocycles. The van der Waals surface area contributed by atoms with E-state index in [4.69, 9.17) is 4.98 Å². The predicted octanol–water partition coefficient (Wildman–Crippen LogP) is 0.957. The molecule has 1 aromatic carbocycles. The first kappa shape index (κ1) is 15.9. The zero-order chi connectivity index (χ0) is 18.2. The summed E-state index contributed by atoms with van der Waals surface area (Å²) < 4.78 is 2.58. The zero-order valence-corrected chi connectivity index (χ0v) is 15.0. The van der Waals surface area contributed by atoms with Gasteiger partial charge in [-0.05, 0) is 22.6 Å². The second-order valence-electron chi connectivity index (χ2n) is 6.13. The number of para-hydroxylation sites is 1. The Hall–Kier alpha value is -3.34. The van der Waals surface area contributed by atoms with Gasteiger partial charge in [0.25, 0.3) is 5.91 Å². The summed E-state index contributed by atoms with van der Waals surface area (Å²) >= 11 is 1.68. The maximum Gasteiger partial charge on any atom is 0.259 e. The van der Waals surface area contributed by atoms with Gasteiger partial charge in [-0.25, -0.2) is 4.98 Å². The zero-order valence-electron chi connectivity index (χ0n) is 14.2. The Kier molecular flexibility index (Phi) is 3.78. The smallest absolute Gasteiger partial charge is 0.259 e. The Labute approximate surface area is 157 Å². The minimum Gasteiger partial charge on any atom is -0.345 e. The molecule has 4 heterocycles. The molecule has 0 unspecified atom stereocenters. The van der Waals surface area contributed by atoms with Gasteiger partial charge in [0.15, 0.2) is 10.9 Å². The number of carbonyl (C=O) groups excluding carboxylic acids is 1. The van der Waals surface area contributed by atoms with E-state index in [0.717, 1.165) is 23.7 Å². The third-order valence-electron chi connectivity index (χ3n) is 4.55. The van der Waals surface area contributed by atoms with Crippen molar-refractivity contribution in [3.63, 3.8) is 0 Å². The monoisotopic (exact) mass is 381 g/mol. The number of carbonyl (C=O) groups is 1. The molecule has 1 amide bonds. The van der Waals surface area contributed by atoms with Crippen LogP contribution in [-0.2, 0) is 0 Å². The number of nitrogens with one attached hydrogen (secondary N) is 1.